The first kappa shape index (κ1) is 20.9. The molecule has 0 saturated carbocycles. The van der Waals surface area contributed by atoms with Gasteiger partial charge in [-0.3, -0.25) is 9.59 Å². The van der Waals surface area contributed by atoms with Crippen LogP contribution in [0.2, 0.25) is 0 Å². The molecule has 1 heterocycles. The van der Waals surface area contributed by atoms with Gasteiger partial charge in [-0.05, 0) is 29.2 Å². The van der Waals surface area contributed by atoms with E-state index in [1.807, 2.05) is 24.3 Å². The minimum atomic E-state index is -0.845. The fraction of sp³-hybridized carbons (Fsp3) is 0.375. The molecule has 0 radical (unpaired) electrons. The Bertz CT molecular complexity index is 953. The third-order valence-electron chi connectivity index (χ3n) is 5.96. The molecular formula is C24H26N2O5. The largest absolute Gasteiger partial charge is 0.481 e. The summed E-state index contributed by atoms with van der Waals surface area (Å²) in [6.45, 7) is 2.91. The first-order valence-electron chi connectivity index (χ1n) is 10.5. The molecule has 31 heavy (non-hydrogen) atoms. The van der Waals surface area contributed by atoms with Crippen LogP contribution in [0, 0.1) is 5.92 Å². The molecule has 1 aliphatic heterocycles. The van der Waals surface area contributed by atoms with E-state index >= 15 is 0 Å². The maximum Gasteiger partial charge on any atom is 0.407 e. The number of carboxylic acids is 1. The Morgan fingerprint density at radius 3 is 2.23 bits per heavy atom. The molecule has 1 aliphatic carbocycles. The van der Waals surface area contributed by atoms with Gasteiger partial charge < -0.3 is 20.1 Å². The summed E-state index contributed by atoms with van der Waals surface area (Å²) in [6, 6.07) is 15.9. The number of carbonyl (C=O) groups is 3. The van der Waals surface area contributed by atoms with Crippen molar-refractivity contribution in [2.24, 2.45) is 5.92 Å². The first-order valence-corrected chi connectivity index (χ1v) is 10.5. The smallest absolute Gasteiger partial charge is 0.407 e. The van der Waals surface area contributed by atoms with E-state index in [0.717, 1.165) is 11.1 Å². The topological polar surface area (TPSA) is 95.9 Å². The Kier molecular flexibility index (Phi) is 5.93. The van der Waals surface area contributed by atoms with Crippen LogP contribution in [0.3, 0.4) is 0 Å². The molecule has 2 N–H and O–H groups in total. The van der Waals surface area contributed by atoms with Crippen LogP contribution in [-0.2, 0) is 14.3 Å². The Labute approximate surface area is 181 Å². The normalized spacial score (nSPS) is 16.1. The minimum absolute atomic E-state index is 0.0117. The molecule has 1 unspecified atom stereocenters. The van der Waals surface area contributed by atoms with Crippen LogP contribution >= 0.6 is 0 Å². The van der Waals surface area contributed by atoms with E-state index in [2.05, 4.69) is 29.6 Å². The van der Waals surface area contributed by atoms with Crippen molar-refractivity contribution in [1.82, 2.24) is 10.2 Å². The van der Waals surface area contributed by atoms with Crippen molar-refractivity contribution < 1.29 is 24.2 Å². The fourth-order valence-electron chi connectivity index (χ4n) is 4.43. The molecule has 1 fully saturated rings. The summed E-state index contributed by atoms with van der Waals surface area (Å²) >= 11 is 0. The van der Waals surface area contributed by atoms with E-state index < -0.39 is 12.1 Å². The highest BCUT2D eigenvalue weighted by Crippen LogP contribution is 2.44. The number of carbonyl (C=O) groups excluding carboxylic acids is 2. The molecule has 2 aromatic rings. The third-order valence-corrected chi connectivity index (χ3v) is 5.96. The van der Waals surface area contributed by atoms with E-state index in [4.69, 9.17) is 9.84 Å². The highest BCUT2D eigenvalue weighted by molar-refractivity contribution is 5.80. The van der Waals surface area contributed by atoms with Crippen molar-refractivity contribution in [2.75, 3.05) is 19.7 Å². The molecule has 0 aromatic heterocycles. The number of fused-ring (bicyclic) bond motifs is 3. The molecule has 1 atom stereocenters. The average molecular weight is 422 g/mol. The van der Waals surface area contributed by atoms with E-state index in [9.17, 15) is 14.4 Å². The summed E-state index contributed by atoms with van der Waals surface area (Å²) in [5.74, 6) is -0.926. The average Bonchev–Trinajstić information content (AvgIpc) is 3.02. The summed E-state index contributed by atoms with van der Waals surface area (Å²) < 4.78 is 5.51. The van der Waals surface area contributed by atoms with Gasteiger partial charge in [0.2, 0.25) is 5.91 Å². The number of rotatable bonds is 7. The predicted octanol–water partition coefficient (Wildman–Crippen LogP) is 3.24. The molecule has 2 aliphatic rings. The van der Waals surface area contributed by atoms with Gasteiger partial charge in [0, 0.05) is 37.4 Å². The molecule has 2 aromatic carbocycles. The highest BCUT2D eigenvalue weighted by atomic mass is 16.5. The standard InChI is InChI=1S/C24H26N2O5/c1-15(10-22(27)26-12-16(13-26)11-23(28)29)25-24(30)31-14-21-19-8-4-2-6-17(19)18-7-3-5-9-20(18)21/h2-9,15-16,21H,10-14H2,1H3,(H,25,30)(H,28,29). The quantitative estimate of drug-likeness (QED) is 0.714. The van der Waals surface area contributed by atoms with Gasteiger partial charge in [-0.15, -0.1) is 0 Å². The van der Waals surface area contributed by atoms with Crippen molar-refractivity contribution in [1.29, 1.82) is 0 Å². The molecule has 7 heteroatoms. The highest BCUT2D eigenvalue weighted by Gasteiger charge is 2.33. The van der Waals surface area contributed by atoms with Crippen molar-refractivity contribution >= 4 is 18.0 Å². The molecule has 4 rings (SSSR count). The van der Waals surface area contributed by atoms with Gasteiger partial charge in [-0.25, -0.2) is 4.79 Å². The first-order chi connectivity index (χ1) is 14.9. The second-order valence-electron chi connectivity index (χ2n) is 8.34. The number of hydrogen-bond donors (Lipinski definition) is 2. The lowest BCUT2D eigenvalue weighted by Crippen LogP contribution is -2.52. The van der Waals surface area contributed by atoms with Gasteiger partial charge in [0.05, 0.1) is 6.42 Å². The van der Waals surface area contributed by atoms with Crippen LogP contribution in [0.1, 0.15) is 36.8 Å². The number of aliphatic carboxylic acids is 1. The number of nitrogens with one attached hydrogen (secondary N) is 1. The Hall–Kier alpha value is -3.35. The second-order valence-corrected chi connectivity index (χ2v) is 8.34. The minimum Gasteiger partial charge on any atom is -0.481 e. The number of alkyl carbamates (subject to hydrolysis) is 1. The molecule has 2 amide bonds. The van der Waals surface area contributed by atoms with Crippen LogP contribution in [0.5, 0.6) is 0 Å². The van der Waals surface area contributed by atoms with Crippen molar-refractivity contribution in [3.63, 3.8) is 0 Å². The fourth-order valence-corrected chi connectivity index (χ4v) is 4.43. The number of benzene rings is 2. The molecule has 0 spiro atoms. The van der Waals surface area contributed by atoms with Crippen molar-refractivity contribution in [3.8, 4) is 11.1 Å². The zero-order valence-corrected chi connectivity index (χ0v) is 17.4. The van der Waals surface area contributed by atoms with Crippen LogP contribution in [0.25, 0.3) is 11.1 Å². The molecule has 1 saturated heterocycles. The van der Waals surface area contributed by atoms with Gasteiger partial charge in [0.15, 0.2) is 0 Å². The number of carboxylic acid groups (broad SMARTS) is 1. The molecule has 162 valence electrons. The zero-order valence-electron chi connectivity index (χ0n) is 17.4. The lowest BCUT2D eigenvalue weighted by atomic mass is 9.95. The van der Waals surface area contributed by atoms with E-state index in [1.165, 1.54) is 11.1 Å². The summed E-state index contributed by atoms with van der Waals surface area (Å²) in [4.78, 5) is 36.9. The van der Waals surface area contributed by atoms with Crippen LogP contribution in [0.4, 0.5) is 4.79 Å². The molecule has 0 bridgehead atoms. The lowest BCUT2D eigenvalue weighted by Gasteiger charge is -2.39. The molecule has 7 nitrogen and oxygen atoms in total. The van der Waals surface area contributed by atoms with Gasteiger partial charge in [-0.2, -0.15) is 0 Å². The van der Waals surface area contributed by atoms with Crippen LogP contribution in [0.15, 0.2) is 48.5 Å². The number of ether oxygens (including phenoxy) is 1. The van der Waals surface area contributed by atoms with E-state index in [0.29, 0.717) is 13.1 Å². The lowest BCUT2D eigenvalue weighted by molar-refractivity contribution is -0.145. The maximum atomic E-state index is 12.3. The van der Waals surface area contributed by atoms with E-state index in [1.54, 1.807) is 11.8 Å². The second kappa shape index (κ2) is 8.79. The van der Waals surface area contributed by atoms with Crippen molar-refractivity contribution in [2.45, 2.75) is 31.7 Å². The third kappa shape index (κ3) is 4.55. The Morgan fingerprint density at radius 2 is 1.65 bits per heavy atom. The summed E-state index contributed by atoms with van der Waals surface area (Å²) in [5.41, 5.74) is 4.63. The van der Waals surface area contributed by atoms with Gasteiger partial charge >= 0.3 is 12.1 Å². The maximum absolute atomic E-state index is 12.3. The summed E-state index contributed by atoms with van der Waals surface area (Å²) in [5, 5.41) is 11.5. The van der Waals surface area contributed by atoms with Crippen LogP contribution in [-0.4, -0.2) is 53.7 Å². The Balaban J connectivity index is 1.26. The van der Waals surface area contributed by atoms with Crippen LogP contribution < -0.4 is 5.32 Å². The molecular weight excluding hydrogens is 396 g/mol. The number of likely N-dealkylation sites (tertiary alicyclic amines) is 1. The monoisotopic (exact) mass is 422 g/mol. The summed E-state index contributed by atoms with van der Waals surface area (Å²) in [7, 11) is 0. The SMILES string of the molecule is CC(CC(=O)N1CC(CC(=O)O)C1)NC(=O)OCC1c2ccccc2-c2ccccc21. The summed E-state index contributed by atoms with van der Waals surface area (Å²) in [6.07, 6.45) is -0.309. The van der Waals surface area contributed by atoms with Gasteiger partial charge in [-0.1, -0.05) is 48.5 Å². The number of hydrogen-bond acceptors (Lipinski definition) is 4. The van der Waals surface area contributed by atoms with Gasteiger partial charge in [0.1, 0.15) is 6.61 Å². The zero-order chi connectivity index (χ0) is 22.0. The van der Waals surface area contributed by atoms with E-state index in [-0.39, 0.29) is 43.2 Å². The Morgan fingerprint density at radius 1 is 1.06 bits per heavy atom. The number of nitrogens with zero attached hydrogens (tertiary/aromatic N) is 1. The van der Waals surface area contributed by atoms with Gasteiger partial charge in [0.25, 0.3) is 0 Å². The van der Waals surface area contributed by atoms with Crippen molar-refractivity contribution in [3.05, 3.63) is 59.7 Å². The number of amides is 2. The predicted molar refractivity (Wildman–Crippen MR) is 115 cm³/mol.